The van der Waals surface area contributed by atoms with Crippen LogP contribution in [0.2, 0.25) is 0 Å². The average molecular weight is 278 g/mol. The Labute approximate surface area is 121 Å². The lowest BCUT2D eigenvalue weighted by Gasteiger charge is -2.12. The summed E-state index contributed by atoms with van der Waals surface area (Å²) in [6, 6.07) is 13.5. The number of aromatic amines is 1. The second-order valence-corrected chi connectivity index (χ2v) is 5.19. The number of hydrogen-bond acceptors (Lipinski definition) is 3. The molecule has 0 saturated carbocycles. The molecule has 0 spiro atoms. The van der Waals surface area contributed by atoms with Gasteiger partial charge in [0, 0.05) is 17.5 Å². The van der Waals surface area contributed by atoms with Gasteiger partial charge in [-0.3, -0.25) is 9.89 Å². The number of benzene rings is 2. The van der Waals surface area contributed by atoms with Gasteiger partial charge in [0.05, 0.1) is 17.4 Å². The maximum atomic E-state index is 12.4. The number of fused-ring (bicyclic) bond motifs is 2. The molecule has 1 unspecified atom stereocenters. The standard InChI is InChI=1S/C16H14N4O/c21-16(14-8-10-4-1-2-6-12(10)18-14)19-13-7-3-5-11-9-17-20-15(11)13/h1-7,9,14,18H,8H2,(H,17,20)(H,19,21). The second-order valence-electron chi connectivity index (χ2n) is 5.19. The molecule has 0 fully saturated rings. The summed E-state index contributed by atoms with van der Waals surface area (Å²) in [6.07, 6.45) is 2.45. The zero-order valence-electron chi connectivity index (χ0n) is 11.3. The highest BCUT2D eigenvalue weighted by atomic mass is 16.2. The Morgan fingerprint density at radius 1 is 1.19 bits per heavy atom. The summed E-state index contributed by atoms with van der Waals surface area (Å²) in [6.45, 7) is 0. The topological polar surface area (TPSA) is 69.8 Å². The third-order valence-electron chi connectivity index (χ3n) is 3.82. The van der Waals surface area contributed by atoms with E-state index in [4.69, 9.17) is 0 Å². The van der Waals surface area contributed by atoms with Crippen LogP contribution in [0.5, 0.6) is 0 Å². The Bertz CT molecular complexity index is 799. The van der Waals surface area contributed by atoms with Gasteiger partial charge in [0.25, 0.3) is 0 Å². The van der Waals surface area contributed by atoms with Gasteiger partial charge in [0.15, 0.2) is 0 Å². The molecule has 1 aliphatic heterocycles. The second kappa shape index (κ2) is 4.63. The third-order valence-corrected chi connectivity index (χ3v) is 3.82. The van der Waals surface area contributed by atoms with Gasteiger partial charge in [-0.1, -0.05) is 30.3 Å². The van der Waals surface area contributed by atoms with E-state index in [0.29, 0.717) is 6.42 Å². The summed E-state index contributed by atoms with van der Waals surface area (Å²) in [7, 11) is 0. The molecule has 0 radical (unpaired) electrons. The molecule has 1 amide bonds. The first-order chi connectivity index (χ1) is 10.3. The van der Waals surface area contributed by atoms with Gasteiger partial charge in [0.2, 0.25) is 5.91 Å². The van der Waals surface area contributed by atoms with Crippen molar-refractivity contribution in [1.82, 2.24) is 10.2 Å². The van der Waals surface area contributed by atoms with Crippen LogP contribution in [0.15, 0.2) is 48.7 Å². The van der Waals surface area contributed by atoms with Crippen LogP contribution >= 0.6 is 0 Å². The van der Waals surface area contributed by atoms with E-state index in [1.54, 1.807) is 6.20 Å². The summed E-state index contributed by atoms with van der Waals surface area (Å²) in [5.74, 6) is -0.0340. The minimum atomic E-state index is -0.236. The van der Waals surface area contributed by atoms with Crippen LogP contribution < -0.4 is 10.6 Å². The number of para-hydroxylation sites is 2. The zero-order chi connectivity index (χ0) is 14.2. The molecule has 1 atom stereocenters. The van der Waals surface area contributed by atoms with Crippen molar-refractivity contribution in [3.63, 3.8) is 0 Å². The molecule has 5 heteroatoms. The normalized spacial score (nSPS) is 16.5. The van der Waals surface area contributed by atoms with Crippen LogP contribution in [0, 0.1) is 0 Å². The van der Waals surface area contributed by atoms with Gasteiger partial charge in [-0.25, -0.2) is 0 Å². The van der Waals surface area contributed by atoms with Crippen LogP contribution in [0.1, 0.15) is 5.56 Å². The number of anilines is 2. The number of amides is 1. The number of nitrogens with zero attached hydrogens (tertiary/aromatic N) is 1. The molecular weight excluding hydrogens is 264 g/mol. The molecule has 1 aromatic heterocycles. The highest BCUT2D eigenvalue weighted by Crippen LogP contribution is 2.26. The molecule has 5 nitrogen and oxygen atoms in total. The molecule has 2 aromatic carbocycles. The highest BCUT2D eigenvalue weighted by Gasteiger charge is 2.26. The average Bonchev–Trinajstić information content (AvgIpc) is 3.14. The van der Waals surface area contributed by atoms with E-state index in [1.165, 1.54) is 5.56 Å². The Kier molecular flexibility index (Phi) is 2.64. The lowest BCUT2D eigenvalue weighted by atomic mass is 10.1. The minimum Gasteiger partial charge on any atom is -0.373 e. The van der Waals surface area contributed by atoms with Gasteiger partial charge in [-0.05, 0) is 17.7 Å². The van der Waals surface area contributed by atoms with Gasteiger partial charge in [-0.2, -0.15) is 5.10 Å². The van der Waals surface area contributed by atoms with Crippen molar-refractivity contribution < 1.29 is 4.79 Å². The number of nitrogens with one attached hydrogen (secondary N) is 3. The number of H-pyrrole nitrogens is 1. The molecule has 3 N–H and O–H groups in total. The molecule has 3 aromatic rings. The number of carbonyl (C=O) groups excluding carboxylic acids is 1. The van der Waals surface area contributed by atoms with Gasteiger partial charge < -0.3 is 10.6 Å². The molecule has 0 aliphatic carbocycles. The third kappa shape index (κ3) is 2.03. The lowest BCUT2D eigenvalue weighted by molar-refractivity contribution is -0.116. The largest absolute Gasteiger partial charge is 0.373 e. The van der Waals surface area contributed by atoms with E-state index in [1.807, 2.05) is 42.5 Å². The summed E-state index contributed by atoms with van der Waals surface area (Å²) >= 11 is 0. The maximum Gasteiger partial charge on any atom is 0.247 e. The van der Waals surface area contributed by atoms with E-state index in [2.05, 4.69) is 20.8 Å². The molecule has 1 aliphatic rings. The number of hydrogen-bond donors (Lipinski definition) is 3. The quantitative estimate of drug-likeness (QED) is 0.674. The fraction of sp³-hybridized carbons (Fsp3) is 0.125. The molecule has 21 heavy (non-hydrogen) atoms. The Balaban J connectivity index is 1.56. The van der Waals surface area contributed by atoms with E-state index < -0.39 is 0 Å². The van der Waals surface area contributed by atoms with E-state index in [9.17, 15) is 4.79 Å². The van der Waals surface area contributed by atoms with Crippen molar-refractivity contribution in [3.8, 4) is 0 Å². The van der Waals surface area contributed by atoms with Crippen molar-refractivity contribution in [3.05, 3.63) is 54.2 Å². The lowest BCUT2D eigenvalue weighted by Crippen LogP contribution is -2.32. The predicted octanol–water partition coefficient (Wildman–Crippen LogP) is 2.54. The summed E-state index contributed by atoms with van der Waals surface area (Å²) < 4.78 is 0. The van der Waals surface area contributed by atoms with E-state index in [-0.39, 0.29) is 11.9 Å². The minimum absolute atomic E-state index is 0.0340. The highest BCUT2D eigenvalue weighted by molar-refractivity contribution is 6.03. The Hall–Kier alpha value is -2.82. The first-order valence-corrected chi connectivity index (χ1v) is 6.89. The fourth-order valence-corrected chi connectivity index (χ4v) is 2.75. The van der Waals surface area contributed by atoms with Crippen LogP contribution in [0.25, 0.3) is 10.9 Å². The van der Waals surface area contributed by atoms with Crippen LogP contribution in [0.3, 0.4) is 0 Å². The van der Waals surface area contributed by atoms with Crippen LogP contribution in [-0.4, -0.2) is 22.1 Å². The van der Waals surface area contributed by atoms with Gasteiger partial charge in [0.1, 0.15) is 6.04 Å². The molecule has 0 saturated heterocycles. The Morgan fingerprint density at radius 3 is 3.00 bits per heavy atom. The van der Waals surface area contributed by atoms with Crippen molar-refractivity contribution >= 4 is 28.2 Å². The molecule has 4 rings (SSSR count). The van der Waals surface area contributed by atoms with Crippen LogP contribution in [0.4, 0.5) is 11.4 Å². The predicted molar refractivity (Wildman–Crippen MR) is 82.3 cm³/mol. The Morgan fingerprint density at radius 2 is 2.10 bits per heavy atom. The molecule has 104 valence electrons. The van der Waals surface area contributed by atoms with Crippen molar-refractivity contribution in [2.75, 3.05) is 10.6 Å². The molecule has 2 heterocycles. The zero-order valence-corrected chi connectivity index (χ0v) is 11.3. The molecule has 0 bridgehead atoms. The maximum absolute atomic E-state index is 12.4. The SMILES string of the molecule is O=C(Nc1cccc2cn[nH]c12)C1Cc2ccccc2N1. The number of rotatable bonds is 2. The van der Waals surface area contributed by atoms with Crippen molar-refractivity contribution in [2.24, 2.45) is 0 Å². The van der Waals surface area contributed by atoms with Gasteiger partial charge >= 0.3 is 0 Å². The summed E-state index contributed by atoms with van der Waals surface area (Å²) in [4.78, 5) is 12.4. The molecular formula is C16H14N4O. The van der Waals surface area contributed by atoms with E-state index >= 15 is 0 Å². The van der Waals surface area contributed by atoms with Gasteiger partial charge in [-0.15, -0.1) is 0 Å². The monoisotopic (exact) mass is 278 g/mol. The van der Waals surface area contributed by atoms with Crippen molar-refractivity contribution in [2.45, 2.75) is 12.5 Å². The number of carbonyl (C=O) groups is 1. The fourth-order valence-electron chi connectivity index (χ4n) is 2.75. The smallest absolute Gasteiger partial charge is 0.247 e. The summed E-state index contributed by atoms with van der Waals surface area (Å²) in [5.41, 5.74) is 3.82. The summed E-state index contributed by atoms with van der Waals surface area (Å²) in [5, 5.41) is 14.1. The number of aromatic nitrogens is 2. The van der Waals surface area contributed by atoms with Crippen LogP contribution in [-0.2, 0) is 11.2 Å². The first kappa shape index (κ1) is 12.0. The first-order valence-electron chi connectivity index (χ1n) is 6.89. The van der Waals surface area contributed by atoms with E-state index in [0.717, 1.165) is 22.3 Å². The van der Waals surface area contributed by atoms with Crippen molar-refractivity contribution in [1.29, 1.82) is 0 Å².